The second kappa shape index (κ2) is 6.44. The molecule has 1 aromatic rings. The number of anilines is 1. The van der Waals surface area contributed by atoms with Crippen molar-refractivity contribution in [1.82, 2.24) is 5.32 Å². The molecule has 1 aliphatic rings. The Hall–Kier alpha value is -0.730. The van der Waals surface area contributed by atoms with Crippen LogP contribution in [0.3, 0.4) is 0 Å². The van der Waals surface area contributed by atoms with E-state index < -0.39 is 0 Å². The Balaban J connectivity index is 2.20. The summed E-state index contributed by atoms with van der Waals surface area (Å²) >= 11 is 6.42. The molecule has 1 heterocycles. The van der Waals surface area contributed by atoms with Gasteiger partial charge in [0.15, 0.2) is 0 Å². The van der Waals surface area contributed by atoms with Gasteiger partial charge in [0.05, 0.1) is 10.7 Å². The van der Waals surface area contributed by atoms with Gasteiger partial charge < -0.3 is 10.2 Å². The minimum absolute atomic E-state index is 0.606. The van der Waals surface area contributed by atoms with E-state index in [1.54, 1.807) is 0 Å². The first kappa shape index (κ1) is 13.7. The van der Waals surface area contributed by atoms with E-state index in [1.165, 1.54) is 24.1 Å². The van der Waals surface area contributed by atoms with E-state index >= 15 is 0 Å². The van der Waals surface area contributed by atoms with Gasteiger partial charge in [0.1, 0.15) is 0 Å². The van der Waals surface area contributed by atoms with Gasteiger partial charge in [-0.05, 0) is 44.4 Å². The second-order valence-electron chi connectivity index (χ2n) is 5.11. The zero-order chi connectivity index (χ0) is 13.0. The van der Waals surface area contributed by atoms with Gasteiger partial charge in [-0.1, -0.05) is 30.7 Å². The van der Waals surface area contributed by atoms with Gasteiger partial charge in [-0.15, -0.1) is 0 Å². The van der Waals surface area contributed by atoms with Crippen molar-refractivity contribution in [3.8, 4) is 0 Å². The summed E-state index contributed by atoms with van der Waals surface area (Å²) in [6.07, 6.45) is 3.71. The van der Waals surface area contributed by atoms with Crippen molar-refractivity contribution in [3.05, 3.63) is 28.8 Å². The lowest BCUT2D eigenvalue weighted by Gasteiger charge is -2.27. The lowest BCUT2D eigenvalue weighted by molar-refractivity contribution is 0.669. The Labute approximate surface area is 115 Å². The molecule has 0 aromatic heterocycles. The van der Waals surface area contributed by atoms with Crippen molar-refractivity contribution < 1.29 is 0 Å². The van der Waals surface area contributed by atoms with Gasteiger partial charge in [-0.25, -0.2) is 0 Å². The molecule has 3 heteroatoms. The van der Waals surface area contributed by atoms with E-state index in [4.69, 9.17) is 11.6 Å². The first-order valence-electron chi connectivity index (χ1n) is 6.98. The molecular formula is C15H23ClN2. The standard InChI is InChI=1S/C15H23ClN2/c1-3-9-17-11-13-7-4-8-14(16)15(13)18-10-5-6-12(18)2/h4,7-8,12,17H,3,5-6,9-11H2,1-2H3. The average Bonchev–Trinajstić information content (AvgIpc) is 2.76. The molecule has 1 saturated heterocycles. The quantitative estimate of drug-likeness (QED) is 0.815. The second-order valence-corrected chi connectivity index (χ2v) is 5.52. The Bertz CT molecular complexity index is 392. The van der Waals surface area contributed by atoms with E-state index in [2.05, 4.69) is 36.2 Å². The third kappa shape index (κ3) is 2.99. The minimum Gasteiger partial charge on any atom is -0.367 e. The van der Waals surface area contributed by atoms with Crippen LogP contribution in [0.15, 0.2) is 18.2 Å². The molecule has 1 atom stereocenters. The van der Waals surface area contributed by atoms with Gasteiger partial charge in [-0.2, -0.15) is 0 Å². The van der Waals surface area contributed by atoms with Crippen LogP contribution in [0.25, 0.3) is 0 Å². The van der Waals surface area contributed by atoms with Crippen LogP contribution in [0.1, 0.15) is 38.7 Å². The summed E-state index contributed by atoms with van der Waals surface area (Å²) in [7, 11) is 0. The number of nitrogens with zero attached hydrogens (tertiary/aromatic N) is 1. The van der Waals surface area contributed by atoms with Crippen molar-refractivity contribution in [2.45, 2.75) is 45.7 Å². The van der Waals surface area contributed by atoms with Gasteiger partial charge in [0.25, 0.3) is 0 Å². The molecule has 2 rings (SSSR count). The summed E-state index contributed by atoms with van der Waals surface area (Å²) in [6.45, 7) is 7.58. The lowest BCUT2D eigenvalue weighted by Crippen LogP contribution is -2.28. The van der Waals surface area contributed by atoms with E-state index in [0.29, 0.717) is 6.04 Å². The van der Waals surface area contributed by atoms with Crippen molar-refractivity contribution in [2.75, 3.05) is 18.0 Å². The fourth-order valence-electron chi connectivity index (χ4n) is 2.69. The van der Waals surface area contributed by atoms with Gasteiger partial charge in [0.2, 0.25) is 0 Å². The first-order valence-corrected chi connectivity index (χ1v) is 7.36. The normalized spacial score (nSPS) is 19.5. The highest BCUT2D eigenvalue weighted by Crippen LogP contribution is 2.34. The Morgan fingerprint density at radius 2 is 2.28 bits per heavy atom. The minimum atomic E-state index is 0.606. The van der Waals surface area contributed by atoms with Gasteiger partial charge in [-0.3, -0.25) is 0 Å². The molecule has 100 valence electrons. The van der Waals surface area contributed by atoms with Crippen LogP contribution in [0.5, 0.6) is 0 Å². The third-order valence-electron chi connectivity index (χ3n) is 3.65. The van der Waals surface area contributed by atoms with E-state index in [1.807, 2.05) is 6.07 Å². The highest BCUT2D eigenvalue weighted by molar-refractivity contribution is 6.33. The van der Waals surface area contributed by atoms with Crippen molar-refractivity contribution in [2.24, 2.45) is 0 Å². The summed E-state index contributed by atoms with van der Waals surface area (Å²) < 4.78 is 0. The summed E-state index contributed by atoms with van der Waals surface area (Å²) in [5, 5.41) is 4.36. The molecule has 0 radical (unpaired) electrons. The monoisotopic (exact) mass is 266 g/mol. The number of nitrogens with one attached hydrogen (secondary N) is 1. The molecular weight excluding hydrogens is 244 g/mol. The summed E-state index contributed by atoms with van der Waals surface area (Å²) in [5.41, 5.74) is 2.57. The van der Waals surface area contributed by atoms with E-state index in [9.17, 15) is 0 Å². The van der Waals surface area contributed by atoms with E-state index in [-0.39, 0.29) is 0 Å². The van der Waals surface area contributed by atoms with Crippen LogP contribution < -0.4 is 10.2 Å². The van der Waals surface area contributed by atoms with Crippen LogP contribution in [0.4, 0.5) is 5.69 Å². The SMILES string of the molecule is CCCNCc1cccc(Cl)c1N1CCCC1C. The largest absolute Gasteiger partial charge is 0.367 e. The smallest absolute Gasteiger partial charge is 0.0643 e. The molecule has 1 N–H and O–H groups in total. The average molecular weight is 267 g/mol. The van der Waals surface area contributed by atoms with Crippen molar-refractivity contribution >= 4 is 17.3 Å². The number of rotatable bonds is 5. The molecule has 0 spiro atoms. The number of para-hydroxylation sites is 1. The van der Waals surface area contributed by atoms with Gasteiger partial charge >= 0.3 is 0 Å². The van der Waals surface area contributed by atoms with Crippen molar-refractivity contribution in [3.63, 3.8) is 0 Å². The van der Waals surface area contributed by atoms with Crippen LogP contribution in [-0.2, 0) is 6.54 Å². The molecule has 1 aromatic carbocycles. The predicted molar refractivity (Wildman–Crippen MR) is 79.5 cm³/mol. The highest BCUT2D eigenvalue weighted by Gasteiger charge is 2.24. The maximum atomic E-state index is 6.42. The number of hydrogen-bond acceptors (Lipinski definition) is 2. The molecule has 1 aliphatic heterocycles. The lowest BCUT2D eigenvalue weighted by atomic mass is 10.1. The summed E-state index contributed by atoms with van der Waals surface area (Å²) in [4.78, 5) is 2.46. The fraction of sp³-hybridized carbons (Fsp3) is 0.600. The predicted octanol–water partition coefficient (Wildman–Crippen LogP) is 3.83. The molecule has 0 amide bonds. The first-order chi connectivity index (χ1) is 8.74. The van der Waals surface area contributed by atoms with E-state index in [0.717, 1.165) is 31.1 Å². The Morgan fingerprint density at radius 3 is 2.94 bits per heavy atom. The molecule has 18 heavy (non-hydrogen) atoms. The topological polar surface area (TPSA) is 15.3 Å². The number of benzene rings is 1. The van der Waals surface area contributed by atoms with Crippen LogP contribution in [0, 0.1) is 0 Å². The molecule has 0 bridgehead atoms. The highest BCUT2D eigenvalue weighted by atomic mass is 35.5. The van der Waals surface area contributed by atoms with Gasteiger partial charge in [0, 0.05) is 19.1 Å². The maximum Gasteiger partial charge on any atom is 0.0643 e. The zero-order valence-corrected chi connectivity index (χ0v) is 12.1. The third-order valence-corrected chi connectivity index (χ3v) is 3.96. The van der Waals surface area contributed by atoms with Crippen molar-refractivity contribution in [1.29, 1.82) is 0 Å². The molecule has 0 saturated carbocycles. The summed E-state index contributed by atoms with van der Waals surface area (Å²) in [5.74, 6) is 0. The molecule has 1 fully saturated rings. The number of hydrogen-bond donors (Lipinski definition) is 1. The fourth-order valence-corrected chi connectivity index (χ4v) is 2.99. The zero-order valence-electron chi connectivity index (χ0n) is 11.4. The van der Waals surface area contributed by atoms with Crippen LogP contribution in [-0.4, -0.2) is 19.1 Å². The number of halogens is 1. The van der Waals surface area contributed by atoms with Crippen LogP contribution in [0.2, 0.25) is 5.02 Å². The Kier molecular flexibility index (Phi) is 4.90. The molecule has 1 unspecified atom stereocenters. The summed E-state index contributed by atoms with van der Waals surface area (Å²) in [6, 6.07) is 6.85. The molecule has 0 aliphatic carbocycles. The van der Waals surface area contributed by atoms with Crippen LogP contribution >= 0.6 is 11.6 Å². The molecule has 2 nitrogen and oxygen atoms in total. The Morgan fingerprint density at radius 1 is 1.44 bits per heavy atom. The maximum absolute atomic E-state index is 6.42.